The highest BCUT2D eigenvalue weighted by Crippen LogP contribution is 2.40. The number of hydrogen-bond donors (Lipinski definition) is 1. The normalized spacial score (nSPS) is 23.7. The minimum atomic E-state index is -0.950. The first-order valence-electron chi connectivity index (χ1n) is 10.6. The fraction of sp³-hybridized carbons (Fsp3) is 0.458. The van der Waals surface area contributed by atoms with Crippen molar-refractivity contribution in [3.8, 4) is 0 Å². The van der Waals surface area contributed by atoms with E-state index in [9.17, 15) is 9.59 Å². The number of rotatable bonds is 4. The standard InChI is InChI=1S/C24H29N3O3/c1-18-6-8-19(9-7-18)23(11-15-30-16-12-23)22(29)27-14-4-10-24(17-27,21(25)28)20-5-2-3-13-26-20/h2-3,5-9,13H,4,10-12,14-17H2,1H3,(H2,25,28)/t24-/m1/s1. The molecule has 2 N–H and O–H groups in total. The molecule has 158 valence electrons. The smallest absolute Gasteiger partial charge is 0.233 e. The molecule has 0 aliphatic carbocycles. The van der Waals surface area contributed by atoms with Gasteiger partial charge in [-0.1, -0.05) is 35.9 Å². The van der Waals surface area contributed by atoms with Crippen molar-refractivity contribution in [3.05, 3.63) is 65.5 Å². The molecule has 2 amide bonds. The Bertz CT molecular complexity index is 907. The van der Waals surface area contributed by atoms with E-state index in [1.54, 1.807) is 6.20 Å². The van der Waals surface area contributed by atoms with Gasteiger partial charge in [0.1, 0.15) is 5.41 Å². The van der Waals surface area contributed by atoms with E-state index in [1.165, 1.54) is 0 Å². The Hall–Kier alpha value is -2.73. The van der Waals surface area contributed by atoms with Crippen LogP contribution in [-0.4, -0.2) is 48.0 Å². The molecule has 2 saturated heterocycles. The topological polar surface area (TPSA) is 85.5 Å². The zero-order valence-electron chi connectivity index (χ0n) is 17.5. The molecule has 2 fully saturated rings. The first-order valence-corrected chi connectivity index (χ1v) is 10.6. The monoisotopic (exact) mass is 407 g/mol. The van der Waals surface area contributed by atoms with Crippen molar-refractivity contribution in [2.24, 2.45) is 5.73 Å². The number of aromatic nitrogens is 1. The van der Waals surface area contributed by atoms with E-state index < -0.39 is 16.7 Å². The molecule has 1 aromatic heterocycles. The Kier molecular flexibility index (Phi) is 5.60. The lowest BCUT2D eigenvalue weighted by molar-refractivity contribution is -0.145. The third kappa shape index (κ3) is 3.49. The van der Waals surface area contributed by atoms with Crippen LogP contribution in [0.2, 0.25) is 0 Å². The van der Waals surface area contributed by atoms with Crippen LogP contribution in [0.15, 0.2) is 48.7 Å². The van der Waals surface area contributed by atoms with E-state index in [2.05, 4.69) is 29.2 Å². The SMILES string of the molecule is Cc1ccc(C2(C(=O)N3CCC[C@](C(N)=O)(c4ccccn4)C3)CCOCC2)cc1. The summed E-state index contributed by atoms with van der Waals surface area (Å²) >= 11 is 0. The largest absolute Gasteiger partial charge is 0.381 e. The van der Waals surface area contributed by atoms with Crippen molar-refractivity contribution in [1.29, 1.82) is 0 Å². The van der Waals surface area contributed by atoms with Gasteiger partial charge in [0.2, 0.25) is 11.8 Å². The van der Waals surface area contributed by atoms with E-state index in [-0.39, 0.29) is 12.5 Å². The van der Waals surface area contributed by atoms with Gasteiger partial charge >= 0.3 is 0 Å². The Morgan fingerprint density at radius 1 is 1.03 bits per heavy atom. The highest BCUT2D eigenvalue weighted by molar-refractivity contribution is 5.91. The number of ether oxygens (including phenoxy) is 1. The minimum absolute atomic E-state index is 0.0657. The van der Waals surface area contributed by atoms with E-state index in [1.807, 2.05) is 30.0 Å². The summed E-state index contributed by atoms with van der Waals surface area (Å²) in [6, 6.07) is 13.7. The van der Waals surface area contributed by atoms with Crippen LogP contribution in [0.25, 0.3) is 0 Å². The van der Waals surface area contributed by atoms with Crippen LogP contribution in [0.4, 0.5) is 0 Å². The van der Waals surface area contributed by atoms with Crippen LogP contribution in [0.1, 0.15) is 42.5 Å². The summed E-state index contributed by atoms with van der Waals surface area (Å²) in [6.45, 7) is 4.03. The number of aryl methyl sites for hydroxylation is 1. The van der Waals surface area contributed by atoms with E-state index in [4.69, 9.17) is 10.5 Å². The van der Waals surface area contributed by atoms with Crippen LogP contribution >= 0.6 is 0 Å². The van der Waals surface area contributed by atoms with Crippen molar-refractivity contribution in [3.63, 3.8) is 0 Å². The summed E-state index contributed by atoms with van der Waals surface area (Å²) in [6.07, 6.45) is 4.26. The van der Waals surface area contributed by atoms with Gasteiger partial charge in [-0.2, -0.15) is 0 Å². The van der Waals surface area contributed by atoms with Crippen LogP contribution in [0, 0.1) is 6.92 Å². The second-order valence-corrected chi connectivity index (χ2v) is 8.55. The molecule has 1 atom stereocenters. The average molecular weight is 408 g/mol. The molecule has 0 spiro atoms. The molecule has 2 aliphatic rings. The molecule has 6 heteroatoms. The lowest BCUT2D eigenvalue weighted by atomic mass is 9.71. The van der Waals surface area contributed by atoms with Crippen LogP contribution in [0.5, 0.6) is 0 Å². The molecule has 2 aromatic rings. The number of carbonyl (C=O) groups is 2. The Labute approximate surface area is 177 Å². The predicted octanol–water partition coefficient (Wildman–Crippen LogP) is 2.48. The maximum absolute atomic E-state index is 14.0. The zero-order valence-corrected chi connectivity index (χ0v) is 17.5. The van der Waals surface area contributed by atoms with Gasteiger partial charge in [-0.05, 0) is 50.3 Å². The Morgan fingerprint density at radius 2 is 1.77 bits per heavy atom. The van der Waals surface area contributed by atoms with Gasteiger partial charge in [0.05, 0.1) is 11.1 Å². The summed E-state index contributed by atoms with van der Waals surface area (Å²) in [5.74, 6) is -0.356. The fourth-order valence-corrected chi connectivity index (χ4v) is 4.93. The summed E-state index contributed by atoms with van der Waals surface area (Å²) < 4.78 is 5.60. The Morgan fingerprint density at radius 3 is 2.40 bits per heavy atom. The van der Waals surface area contributed by atoms with Crippen molar-refractivity contribution >= 4 is 11.8 Å². The van der Waals surface area contributed by atoms with Gasteiger partial charge in [0.15, 0.2) is 0 Å². The van der Waals surface area contributed by atoms with Crippen molar-refractivity contribution in [2.75, 3.05) is 26.3 Å². The highest BCUT2D eigenvalue weighted by Gasteiger charge is 2.50. The number of benzene rings is 1. The lowest BCUT2D eigenvalue weighted by Crippen LogP contribution is -2.59. The van der Waals surface area contributed by atoms with Gasteiger partial charge in [-0.25, -0.2) is 0 Å². The maximum Gasteiger partial charge on any atom is 0.233 e. The minimum Gasteiger partial charge on any atom is -0.381 e. The zero-order chi connectivity index (χ0) is 21.2. The molecule has 0 bridgehead atoms. The first kappa shape index (κ1) is 20.5. The lowest BCUT2D eigenvalue weighted by Gasteiger charge is -2.45. The van der Waals surface area contributed by atoms with Gasteiger partial charge < -0.3 is 15.4 Å². The fourth-order valence-electron chi connectivity index (χ4n) is 4.93. The van der Waals surface area contributed by atoms with Gasteiger partial charge in [-0.3, -0.25) is 14.6 Å². The number of piperidine rings is 1. The molecule has 3 heterocycles. The molecule has 0 unspecified atom stereocenters. The average Bonchev–Trinajstić information content (AvgIpc) is 2.80. The van der Waals surface area contributed by atoms with Crippen LogP contribution in [-0.2, 0) is 25.2 Å². The summed E-state index contributed by atoms with van der Waals surface area (Å²) in [5, 5.41) is 0. The quantitative estimate of drug-likeness (QED) is 0.844. The highest BCUT2D eigenvalue weighted by atomic mass is 16.5. The summed E-state index contributed by atoms with van der Waals surface area (Å²) in [5.41, 5.74) is 7.15. The molecule has 0 radical (unpaired) electrons. The molecule has 0 saturated carbocycles. The predicted molar refractivity (Wildman–Crippen MR) is 114 cm³/mol. The molecule has 2 aliphatic heterocycles. The van der Waals surface area contributed by atoms with Crippen molar-refractivity contribution in [2.45, 2.75) is 43.4 Å². The molecular formula is C24H29N3O3. The third-order valence-electron chi connectivity index (χ3n) is 6.77. The molecule has 30 heavy (non-hydrogen) atoms. The van der Waals surface area contributed by atoms with Crippen molar-refractivity contribution in [1.82, 2.24) is 9.88 Å². The second-order valence-electron chi connectivity index (χ2n) is 8.55. The van der Waals surface area contributed by atoms with Gasteiger partial charge in [0.25, 0.3) is 0 Å². The molecule has 4 rings (SSSR count). The third-order valence-corrected chi connectivity index (χ3v) is 6.77. The van der Waals surface area contributed by atoms with E-state index in [0.717, 1.165) is 11.1 Å². The first-order chi connectivity index (χ1) is 14.5. The van der Waals surface area contributed by atoms with Crippen LogP contribution < -0.4 is 5.73 Å². The number of amides is 2. The number of hydrogen-bond acceptors (Lipinski definition) is 4. The maximum atomic E-state index is 14.0. The second kappa shape index (κ2) is 8.19. The summed E-state index contributed by atoms with van der Waals surface area (Å²) in [7, 11) is 0. The molecular weight excluding hydrogens is 378 g/mol. The number of likely N-dealkylation sites (tertiary alicyclic amines) is 1. The van der Waals surface area contributed by atoms with Crippen LogP contribution in [0.3, 0.4) is 0 Å². The number of pyridine rings is 1. The van der Waals surface area contributed by atoms with Gasteiger partial charge in [-0.15, -0.1) is 0 Å². The number of primary amides is 1. The number of nitrogens with two attached hydrogens (primary N) is 1. The number of carbonyl (C=O) groups excluding carboxylic acids is 2. The number of nitrogens with zero attached hydrogens (tertiary/aromatic N) is 2. The van der Waals surface area contributed by atoms with E-state index >= 15 is 0 Å². The summed E-state index contributed by atoms with van der Waals surface area (Å²) in [4.78, 5) is 32.9. The van der Waals surface area contributed by atoms with E-state index in [0.29, 0.717) is 51.1 Å². The molecule has 1 aromatic carbocycles. The molecule has 6 nitrogen and oxygen atoms in total. The van der Waals surface area contributed by atoms with Crippen molar-refractivity contribution < 1.29 is 14.3 Å². The Balaban J connectivity index is 1.70. The van der Waals surface area contributed by atoms with Gasteiger partial charge in [0, 0.05) is 32.5 Å².